The smallest absolute Gasteiger partial charge is 0.305 e. The van der Waals surface area contributed by atoms with Crippen LogP contribution in [0.1, 0.15) is 50.3 Å². The molecule has 1 fully saturated rings. The molecule has 1 aromatic heterocycles. The fourth-order valence-electron chi connectivity index (χ4n) is 2.33. The van der Waals surface area contributed by atoms with Crippen LogP contribution in [0.3, 0.4) is 0 Å². The molecule has 5 nitrogen and oxygen atoms in total. The van der Waals surface area contributed by atoms with Crippen molar-refractivity contribution in [2.24, 2.45) is 0 Å². The maximum absolute atomic E-state index is 10.5. The average molecular weight is 223 g/mol. The van der Waals surface area contributed by atoms with E-state index in [4.69, 9.17) is 5.11 Å². The quantitative estimate of drug-likeness (QED) is 0.845. The highest BCUT2D eigenvalue weighted by molar-refractivity contribution is 5.66. The minimum Gasteiger partial charge on any atom is -0.481 e. The number of carboxylic acids is 1. The van der Waals surface area contributed by atoms with Gasteiger partial charge in [-0.25, -0.2) is 0 Å². The van der Waals surface area contributed by atoms with Crippen LogP contribution in [0.15, 0.2) is 6.33 Å². The molecule has 1 aliphatic rings. The van der Waals surface area contributed by atoms with E-state index in [1.54, 1.807) is 6.33 Å². The first kappa shape index (κ1) is 11.1. The summed E-state index contributed by atoms with van der Waals surface area (Å²) in [5.74, 6) is 0.675. The van der Waals surface area contributed by atoms with Gasteiger partial charge in [0.15, 0.2) is 0 Å². The van der Waals surface area contributed by atoms with Gasteiger partial charge in [-0.3, -0.25) is 4.79 Å². The van der Waals surface area contributed by atoms with Crippen molar-refractivity contribution >= 4 is 5.97 Å². The molecule has 2 rings (SSSR count). The number of nitrogens with zero attached hydrogens (tertiary/aromatic N) is 3. The summed E-state index contributed by atoms with van der Waals surface area (Å²) in [5, 5.41) is 16.7. The van der Waals surface area contributed by atoms with Crippen molar-refractivity contribution in [3.63, 3.8) is 0 Å². The SMILES string of the molecule is O=C(O)CCn1cnnc1C1CCCCC1. The summed E-state index contributed by atoms with van der Waals surface area (Å²) < 4.78 is 1.89. The molecule has 0 unspecified atom stereocenters. The number of hydrogen-bond acceptors (Lipinski definition) is 3. The Labute approximate surface area is 94.5 Å². The summed E-state index contributed by atoms with van der Waals surface area (Å²) in [7, 11) is 0. The zero-order valence-electron chi connectivity index (χ0n) is 9.30. The summed E-state index contributed by atoms with van der Waals surface area (Å²) in [6.45, 7) is 0.480. The molecule has 0 amide bonds. The lowest BCUT2D eigenvalue weighted by molar-refractivity contribution is -0.137. The molecule has 0 aromatic carbocycles. The molecule has 0 saturated heterocycles. The van der Waals surface area contributed by atoms with Crippen LogP contribution < -0.4 is 0 Å². The third-order valence-corrected chi connectivity index (χ3v) is 3.18. The number of aromatic nitrogens is 3. The molecule has 1 aliphatic carbocycles. The number of hydrogen-bond donors (Lipinski definition) is 1. The van der Waals surface area contributed by atoms with Crippen LogP contribution >= 0.6 is 0 Å². The van der Waals surface area contributed by atoms with E-state index >= 15 is 0 Å². The van der Waals surface area contributed by atoms with Crippen molar-refractivity contribution < 1.29 is 9.90 Å². The van der Waals surface area contributed by atoms with Gasteiger partial charge in [0.05, 0.1) is 6.42 Å². The molecule has 88 valence electrons. The Morgan fingerprint density at radius 2 is 2.19 bits per heavy atom. The molecule has 0 bridgehead atoms. The molecule has 1 heterocycles. The number of rotatable bonds is 4. The van der Waals surface area contributed by atoms with Crippen molar-refractivity contribution in [1.82, 2.24) is 14.8 Å². The van der Waals surface area contributed by atoms with Crippen molar-refractivity contribution in [1.29, 1.82) is 0 Å². The zero-order valence-corrected chi connectivity index (χ0v) is 9.30. The normalized spacial score (nSPS) is 17.5. The van der Waals surface area contributed by atoms with Crippen molar-refractivity contribution in [3.8, 4) is 0 Å². The Hall–Kier alpha value is -1.39. The summed E-state index contributed by atoms with van der Waals surface area (Å²) in [6, 6.07) is 0. The molecule has 1 aromatic rings. The van der Waals surface area contributed by atoms with Crippen molar-refractivity contribution in [2.75, 3.05) is 0 Å². The van der Waals surface area contributed by atoms with Crippen LogP contribution in [0.4, 0.5) is 0 Å². The van der Waals surface area contributed by atoms with Gasteiger partial charge in [-0.2, -0.15) is 0 Å². The lowest BCUT2D eigenvalue weighted by Gasteiger charge is -2.21. The van der Waals surface area contributed by atoms with Gasteiger partial charge in [0.1, 0.15) is 12.2 Å². The van der Waals surface area contributed by atoms with Crippen LogP contribution in [0.2, 0.25) is 0 Å². The van der Waals surface area contributed by atoms with E-state index in [9.17, 15) is 4.79 Å². The van der Waals surface area contributed by atoms with E-state index in [1.807, 2.05) is 4.57 Å². The Bertz CT molecular complexity index is 356. The van der Waals surface area contributed by atoms with Gasteiger partial charge in [0.2, 0.25) is 0 Å². The number of aliphatic carboxylic acids is 1. The largest absolute Gasteiger partial charge is 0.481 e. The third-order valence-electron chi connectivity index (χ3n) is 3.18. The number of carboxylic acid groups (broad SMARTS) is 1. The highest BCUT2D eigenvalue weighted by atomic mass is 16.4. The van der Waals surface area contributed by atoms with Crippen LogP contribution in [0, 0.1) is 0 Å². The lowest BCUT2D eigenvalue weighted by atomic mass is 9.88. The number of carbonyl (C=O) groups is 1. The number of aryl methyl sites for hydroxylation is 1. The van der Waals surface area contributed by atoms with E-state index in [-0.39, 0.29) is 6.42 Å². The zero-order chi connectivity index (χ0) is 11.4. The Balaban J connectivity index is 2.02. The van der Waals surface area contributed by atoms with Crippen LogP contribution in [0.25, 0.3) is 0 Å². The molecule has 0 atom stereocenters. The highest BCUT2D eigenvalue weighted by Gasteiger charge is 2.20. The Morgan fingerprint density at radius 3 is 2.88 bits per heavy atom. The standard InChI is InChI=1S/C11H17N3O2/c15-10(16)6-7-14-8-12-13-11(14)9-4-2-1-3-5-9/h8-9H,1-7H2,(H,15,16). The summed E-state index contributed by atoms with van der Waals surface area (Å²) in [4.78, 5) is 10.5. The van der Waals surface area contributed by atoms with E-state index in [1.165, 1.54) is 19.3 Å². The summed E-state index contributed by atoms with van der Waals surface area (Å²) >= 11 is 0. The van der Waals surface area contributed by atoms with E-state index in [0.29, 0.717) is 12.5 Å². The topological polar surface area (TPSA) is 68.0 Å². The molecule has 1 N–H and O–H groups in total. The van der Waals surface area contributed by atoms with Gasteiger partial charge in [-0.1, -0.05) is 19.3 Å². The Kier molecular flexibility index (Phi) is 3.54. The maximum atomic E-state index is 10.5. The van der Waals surface area contributed by atoms with Crippen molar-refractivity contribution in [3.05, 3.63) is 12.2 Å². The third kappa shape index (κ3) is 2.59. The first-order valence-electron chi connectivity index (χ1n) is 5.87. The molecule has 1 saturated carbocycles. The molecule has 16 heavy (non-hydrogen) atoms. The van der Waals surface area contributed by atoms with Crippen molar-refractivity contribution in [2.45, 2.75) is 51.0 Å². The lowest BCUT2D eigenvalue weighted by Crippen LogP contribution is -2.13. The monoisotopic (exact) mass is 223 g/mol. The molecule has 0 aliphatic heterocycles. The van der Waals surface area contributed by atoms with E-state index in [0.717, 1.165) is 18.7 Å². The minimum absolute atomic E-state index is 0.137. The summed E-state index contributed by atoms with van der Waals surface area (Å²) in [5.41, 5.74) is 0. The molecule has 0 spiro atoms. The van der Waals surface area contributed by atoms with E-state index < -0.39 is 5.97 Å². The second kappa shape index (κ2) is 5.09. The van der Waals surface area contributed by atoms with E-state index in [2.05, 4.69) is 10.2 Å². The summed E-state index contributed by atoms with van der Waals surface area (Å²) in [6.07, 6.45) is 7.90. The maximum Gasteiger partial charge on any atom is 0.305 e. The molecule has 0 radical (unpaired) electrons. The van der Waals surface area contributed by atoms with Gasteiger partial charge in [-0.05, 0) is 12.8 Å². The van der Waals surface area contributed by atoms with Crippen LogP contribution in [0.5, 0.6) is 0 Å². The first-order valence-corrected chi connectivity index (χ1v) is 5.87. The second-order valence-corrected chi connectivity index (χ2v) is 4.36. The highest BCUT2D eigenvalue weighted by Crippen LogP contribution is 2.31. The fraction of sp³-hybridized carbons (Fsp3) is 0.727. The molecule has 5 heteroatoms. The molecular formula is C11H17N3O2. The Morgan fingerprint density at radius 1 is 1.44 bits per heavy atom. The van der Waals surface area contributed by atoms with Gasteiger partial charge >= 0.3 is 5.97 Å². The van der Waals surface area contributed by atoms with Crippen LogP contribution in [-0.2, 0) is 11.3 Å². The predicted molar refractivity (Wildman–Crippen MR) is 58.1 cm³/mol. The second-order valence-electron chi connectivity index (χ2n) is 4.36. The average Bonchev–Trinajstić information content (AvgIpc) is 2.75. The first-order chi connectivity index (χ1) is 7.77. The molecular weight excluding hydrogens is 206 g/mol. The van der Waals surface area contributed by atoms with Crippen LogP contribution in [-0.4, -0.2) is 25.8 Å². The fourth-order valence-corrected chi connectivity index (χ4v) is 2.33. The van der Waals surface area contributed by atoms with Gasteiger partial charge in [-0.15, -0.1) is 10.2 Å². The minimum atomic E-state index is -0.775. The van der Waals surface area contributed by atoms with Gasteiger partial charge < -0.3 is 9.67 Å². The predicted octanol–water partition coefficient (Wildman–Crippen LogP) is 1.80. The van der Waals surface area contributed by atoms with Gasteiger partial charge in [0.25, 0.3) is 0 Å². The van der Waals surface area contributed by atoms with Gasteiger partial charge in [0, 0.05) is 12.5 Å².